The van der Waals surface area contributed by atoms with Gasteiger partial charge in [-0.15, -0.1) is 0 Å². The van der Waals surface area contributed by atoms with Gasteiger partial charge in [-0.2, -0.15) is 4.31 Å². The third kappa shape index (κ3) is 3.19. The predicted molar refractivity (Wildman–Crippen MR) is 95.2 cm³/mol. The number of hydrogen-bond donors (Lipinski definition) is 1. The average molecular weight is 341 g/mol. The van der Waals surface area contributed by atoms with Crippen molar-refractivity contribution in [3.05, 3.63) is 78.4 Å². The van der Waals surface area contributed by atoms with Crippen LogP contribution in [0.4, 0.5) is 0 Å². The quantitative estimate of drug-likeness (QED) is 0.775. The van der Waals surface area contributed by atoms with E-state index in [0.29, 0.717) is 10.9 Å². The monoisotopic (exact) mass is 341 g/mol. The lowest BCUT2D eigenvalue weighted by Crippen LogP contribution is -2.31. The standard InChI is InChI=1S/C19H19NO3S/c1-20(14-18(21)16-9-3-2-4-10-16)24(22,23)19-13-7-11-15-8-5-6-12-17(15)19/h2-13,18,21H,14H2,1H3. The van der Waals surface area contributed by atoms with Gasteiger partial charge in [0.15, 0.2) is 0 Å². The highest BCUT2D eigenvalue weighted by Crippen LogP contribution is 2.26. The molecule has 1 atom stereocenters. The van der Waals surface area contributed by atoms with Gasteiger partial charge in [0.25, 0.3) is 0 Å². The highest BCUT2D eigenvalue weighted by Gasteiger charge is 2.25. The molecule has 4 nitrogen and oxygen atoms in total. The lowest BCUT2D eigenvalue weighted by atomic mass is 10.1. The second-order valence-electron chi connectivity index (χ2n) is 5.69. The molecule has 1 unspecified atom stereocenters. The number of fused-ring (bicyclic) bond motifs is 1. The van der Waals surface area contributed by atoms with E-state index < -0.39 is 16.1 Å². The van der Waals surface area contributed by atoms with Crippen LogP contribution in [0.3, 0.4) is 0 Å². The summed E-state index contributed by atoms with van der Waals surface area (Å²) in [6, 6.07) is 21.6. The van der Waals surface area contributed by atoms with E-state index in [1.165, 1.54) is 11.4 Å². The van der Waals surface area contributed by atoms with E-state index in [4.69, 9.17) is 0 Å². The van der Waals surface area contributed by atoms with Crippen LogP contribution in [0.25, 0.3) is 10.8 Å². The molecule has 3 aromatic carbocycles. The molecule has 0 fully saturated rings. The third-order valence-corrected chi connectivity index (χ3v) is 5.93. The van der Waals surface area contributed by atoms with Crippen LogP contribution in [0, 0.1) is 0 Å². The lowest BCUT2D eigenvalue weighted by Gasteiger charge is -2.21. The van der Waals surface area contributed by atoms with Gasteiger partial charge >= 0.3 is 0 Å². The van der Waals surface area contributed by atoms with Crippen LogP contribution in [-0.4, -0.2) is 31.4 Å². The summed E-state index contributed by atoms with van der Waals surface area (Å²) in [6.45, 7) is -0.00440. The molecule has 0 amide bonds. The van der Waals surface area contributed by atoms with Crippen LogP contribution in [0.5, 0.6) is 0 Å². The summed E-state index contributed by atoms with van der Waals surface area (Å²) in [5.41, 5.74) is 0.692. The SMILES string of the molecule is CN(CC(O)c1ccccc1)S(=O)(=O)c1cccc2ccccc12. The summed E-state index contributed by atoms with van der Waals surface area (Å²) < 4.78 is 27.1. The molecule has 5 heteroatoms. The molecular formula is C19H19NO3S. The molecule has 0 aliphatic rings. The summed E-state index contributed by atoms with van der Waals surface area (Å²) >= 11 is 0. The number of aliphatic hydroxyl groups is 1. The Morgan fingerprint density at radius 3 is 2.29 bits per heavy atom. The van der Waals surface area contributed by atoms with Gasteiger partial charge < -0.3 is 5.11 Å². The smallest absolute Gasteiger partial charge is 0.243 e. The van der Waals surface area contributed by atoms with E-state index in [1.807, 2.05) is 42.5 Å². The minimum Gasteiger partial charge on any atom is -0.387 e. The van der Waals surface area contributed by atoms with Crippen LogP contribution >= 0.6 is 0 Å². The summed E-state index contributed by atoms with van der Waals surface area (Å²) in [5, 5.41) is 11.9. The normalized spacial score (nSPS) is 13.3. The van der Waals surface area contributed by atoms with Crippen molar-refractivity contribution >= 4 is 20.8 Å². The largest absolute Gasteiger partial charge is 0.387 e. The zero-order valence-corrected chi connectivity index (χ0v) is 14.1. The van der Waals surface area contributed by atoms with Gasteiger partial charge in [0.1, 0.15) is 0 Å². The van der Waals surface area contributed by atoms with Crippen molar-refractivity contribution in [2.75, 3.05) is 13.6 Å². The fraction of sp³-hybridized carbons (Fsp3) is 0.158. The second kappa shape index (κ2) is 6.73. The molecule has 24 heavy (non-hydrogen) atoms. The molecule has 0 spiro atoms. The van der Waals surface area contributed by atoms with Gasteiger partial charge in [-0.1, -0.05) is 66.7 Å². The van der Waals surface area contributed by atoms with Crippen molar-refractivity contribution in [2.45, 2.75) is 11.0 Å². The van der Waals surface area contributed by atoms with Crippen LogP contribution < -0.4 is 0 Å². The molecule has 0 saturated heterocycles. The summed E-state index contributed by atoms with van der Waals surface area (Å²) in [6.07, 6.45) is -0.874. The Morgan fingerprint density at radius 1 is 0.917 bits per heavy atom. The Morgan fingerprint density at radius 2 is 1.54 bits per heavy atom. The Bertz CT molecular complexity index is 934. The van der Waals surface area contributed by atoms with Crippen molar-refractivity contribution in [1.29, 1.82) is 0 Å². The predicted octanol–water partition coefficient (Wildman–Crippen LogP) is 3.19. The first kappa shape index (κ1) is 16.6. The fourth-order valence-corrected chi connectivity index (χ4v) is 4.10. The van der Waals surface area contributed by atoms with Crippen molar-refractivity contribution in [2.24, 2.45) is 0 Å². The van der Waals surface area contributed by atoms with E-state index in [9.17, 15) is 13.5 Å². The molecule has 0 aliphatic carbocycles. The first-order valence-corrected chi connectivity index (χ1v) is 9.11. The maximum absolute atomic E-state index is 12.9. The van der Waals surface area contributed by atoms with Crippen molar-refractivity contribution in [3.8, 4) is 0 Å². The first-order chi connectivity index (χ1) is 11.5. The zero-order valence-electron chi connectivity index (χ0n) is 13.3. The average Bonchev–Trinajstić information content (AvgIpc) is 2.61. The Hall–Kier alpha value is -2.21. The maximum atomic E-state index is 12.9. The van der Waals surface area contributed by atoms with Gasteiger partial charge in [0.05, 0.1) is 11.0 Å². The van der Waals surface area contributed by atoms with Gasteiger partial charge in [0, 0.05) is 19.0 Å². The molecule has 3 rings (SSSR count). The molecule has 0 heterocycles. The van der Waals surface area contributed by atoms with E-state index in [1.54, 1.807) is 30.3 Å². The highest BCUT2D eigenvalue weighted by molar-refractivity contribution is 7.89. The molecule has 0 bridgehead atoms. The molecule has 124 valence electrons. The Kier molecular flexibility index (Phi) is 4.66. The summed E-state index contributed by atoms with van der Waals surface area (Å²) in [7, 11) is -2.21. The summed E-state index contributed by atoms with van der Waals surface area (Å²) in [5.74, 6) is 0. The van der Waals surface area contributed by atoms with E-state index >= 15 is 0 Å². The fourth-order valence-electron chi connectivity index (χ4n) is 2.71. The number of aliphatic hydroxyl groups excluding tert-OH is 1. The van der Waals surface area contributed by atoms with Crippen LogP contribution in [-0.2, 0) is 10.0 Å². The maximum Gasteiger partial charge on any atom is 0.243 e. The van der Waals surface area contributed by atoms with E-state index in [0.717, 1.165) is 5.39 Å². The van der Waals surface area contributed by atoms with E-state index in [2.05, 4.69) is 0 Å². The van der Waals surface area contributed by atoms with Crippen LogP contribution in [0.1, 0.15) is 11.7 Å². The van der Waals surface area contributed by atoms with Gasteiger partial charge in [-0.05, 0) is 17.0 Å². The zero-order chi connectivity index (χ0) is 17.2. The molecular weight excluding hydrogens is 322 g/mol. The van der Waals surface area contributed by atoms with Crippen molar-refractivity contribution in [1.82, 2.24) is 4.31 Å². The Labute approximate surface area is 142 Å². The van der Waals surface area contributed by atoms with Crippen LogP contribution in [0.2, 0.25) is 0 Å². The van der Waals surface area contributed by atoms with Gasteiger partial charge in [0.2, 0.25) is 10.0 Å². The minimum atomic E-state index is -3.70. The number of rotatable bonds is 5. The van der Waals surface area contributed by atoms with Crippen LogP contribution in [0.15, 0.2) is 77.7 Å². The topological polar surface area (TPSA) is 57.6 Å². The molecule has 0 saturated carbocycles. The molecule has 3 aromatic rings. The number of nitrogens with zero attached hydrogens (tertiary/aromatic N) is 1. The Balaban J connectivity index is 1.92. The second-order valence-corrected chi connectivity index (χ2v) is 7.70. The highest BCUT2D eigenvalue weighted by atomic mass is 32.2. The number of hydrogen-bond acceptors (Lipinski definition) is 3. The molecule has 0 aromatic heterocycles. The number of benzene rings is 3. The molecule has 0 radical (unpaired) electrons. The first-order valence-electron chi connectivity index (χ1n) is 7.67. The summed E-state index contributed by atoms with van der Waals surface area (Å²) in [4.78, 5) is 0.253. The lowest BCUT2D eigenvalue weighted by molar-refractivity contribution is 0.155. The van der Waals surface area contributed by atoms with E-state index in [-0.39, 0.29) is 11.4 Å². The third-order valence-electron chi connectivity index (χ3n) is 4.05. The minimum absolute atomic E-state index is 0.00440. The van der Waals surface area contributed by atoms with Crippen molar-refractivity contribution in [3.63, 3.8) is 0 Å². The number of likely N-dealkylation sites (N-methyl/N-ethyl adjacent to an activating group) is 1. The molecule has 0 aliphatic heterocycles. The number of sulfonamides is 1. The van der Waals surface area contributed by atoms with Crippen molar-refractivity contribution < 1.29 is 13.5 Å². The van der Waals surface area contributed by atoms with Gasteiger partial charge in [-0.3, -0.25) is 0 Å². The van der Waals surface area contributed by atoms with Gasteiger partial charge in [-0.25, -0.2) is 8.42 Å². The molecule has 1 N–H and O–H groups in total.